The predicted molar refractivity (Wildman–Crippen MR) is 76.2 cm³/mol. The number of rotatable bonds is 2. The molecule has 0 amide bonds. The summed E-state index contributed by atoms with van der Waals surface area (Å²) in [6, 6.07) is 0. The minimum atomic E-state index is -1.10. The minimum Gasteiger partial charge on any atom is -0.480 e. The lowest BCUT2D eigenvalue weighted by Gasteiger charge is -2.26. The summed E-state index contributed by atoms with van der Waals surface area (Å²) < 4.78 is 0. The van der Waals surface area contributed by atoms with E-state index in [1.165, 1.54) is 32.1 Å². The van der Waals surface area contributed by atoms with Gasteiger partial charge in [0, 0.05) is 6.42 Å². The Morgan fingerprint density at radius 3 is 1.95 bits per heavy atom. The first-order valence-electron chi connectivity index (χ1n) is 7.90. The molecule has 1 unspecified atom stereocenters. The van der Waals surface area contributed by atoms with E-state index in [0.29, 0.717) is 19.3 Å². The highest BCUT2D eigenvalue weighted by Gasteiger charge is 2.42. The van der Waals surface area contributed by atoms with Crippen LogP contribution in [-0.2, 0) is 9.59 Å². The van der Waals surface area contributed by atoms with Crippen molar-refractivity contribution < 1.29 is 14.7 Å². The largest absolute Gasteiger partial charge is 0.480 e. The van der Waals surface area contributed by atoms with Crippen LogP contribution in [0.4, 0.5) is 0 Å². The van der Waals surface area contributed by atoms with Gasteiger partial charge in [-0.2, -0.15) is 0 Å². The Bertz CT molecular complexity index is 298. The number of carboxylic acid groups (broad SMARTS) is 1. The Labute approximate surface area is 116 Å². The molecule has 110 valence electrons. The summed E-state index contributed by atoms with van der Waals surface area (Å²) in [5.74, 6) is -0.948. The summed E-state index contributed by atoms with van der Waals surface area (Å²) in [7, 11) is 0. The van der Waals surface area contributed by atoms with Crippen molar-refractivity contribution in [3.05, 3.63) is 0 Å². The highest BCUT2D eigenvalue weighted by atomic mass is 16.4. The molecule has 1 aliphatic rings. The molecule has 0 aromatic rings. The van der Waals surface area contributed by atoms with Gasteiger partial charge < -0.3 is 5.11 Å². The Kier molecular flexibility index (Phi) is 7.11. The molecule has 0 aromatic carbocycles. The van der Waals surface area contributed by atoms with Crippen LogP contribution in [0.15, 0.2) is 0 Å². The molecule has 0 aromatic heterocycles. The molecule has 1 N–H and O–H groups in total. The van der Waals surface area contributed by atoms with E-state index in [4.69, 9.17) is 0 Å². The van der Waals surface area contributed by atoms with E-state index < -0.39 is 11.4 Å². The van der Waals surface area contributed by atoms with Crippen molar-refractivity contribution in [3.63, 3.8) is 0 Å². The summed E-state index contributed by atoms with van der Waals surface area (Å²) in [4.78, 5) is 23.9. The van der Waals surface area contributed by atoms with Crippen molar-refractivity contribution in [1.82, 2.24) is 0 Å². The molecule has 1 saturated carbocycles. The summed E-state index contributed by atoms with van der Waals surface area (Å²) in [5.41, 5.74) is -1.10. The van der Waals surface area contributed by atoms with Crippen molar-refractivity contribution in [1.29, 1.82) is 0 Å². The van der Waals surface area contributed by atoms with Crippen LogP contribution in [0.5, 0.6) is 0 Å². The minimum absolute atomic E-state index is 0.0400. The van der Waals surface area contributed by atoms with Gasteiger partial charge >= 0.3 is 5.97 Å². The van der Waals surface area contributed by atoms with E-state index in [1.54, 1.807) is 0 Å². The number of Topliss-reactive ketones (excluding diaryl/α,β-unsaturated/α-hetero) is 1. The molecular formula is C16H28O3. The average molecular weight is 268 g/mol. The molecule has 0 radical (unpaired) electrons. The van der Waals surface area contributed by atoms with Crippen LogP contribution in [0.1, 0.15) is 84.0 Å². The SMILES string of the molecule is CCC1(C(=O)O)CCCCCCCCCCCC1=O. The lowest BCUT2D eigenvalue weighted by Crippen LogP contribution is -2.38. The zero-order valence-electron chi connectivity index (χ0n) is 12.2. The number of carbonyl (C=O) groups excluding carboxylic acids is 1. The molecule has 1 fully saturated rings. The van der Waals surface area contributed by atoms with Crippen LogP contribution < -0.4 is 0 Å². The number of carboxylic acids is 1. The summed E-state index contributed by atoms with van der Waals surface area (Å²) in [5, 5.41) is 9.50. The van der Waals surface area contributed by atoms with Gasteiger partial charge in [-0.3, -0.25) is 9.59 Å². The van der Waals surface area contributed by atoms with Crippen LogP contribution in [-0.4, -0.2) is 16.9 Å². The van der Waals surface area contributed by atoms with E-state index >= 15 is 0 Å². The summed E-state index contributed by atoms with van der Waals surface area (Å²) in [6.45, 7) is 1.84. The Balaban J connectivity index is 2.72. The molecule has 0 aliphatic heterocycles. The maximum atomic E-state index is 12.3. The Hall–Kier alpha value is -0.860. The third kappa shape index (κ3) is 4.63. The van der Waals surface area contributed by atoms with Crippen molar-refractivity contribution in [2.24, 2.45) is 5.41 Å². The second-order valence-electron chi connectivity index (χ2n) is 5.85. The lowest BCUT2D eigenvalue weighted by atomic mass is 9.75. The van der Waals surface area contributed by atoms with Gasteiger partial charge in [-0.05, 0) is 19.3 Å². The second kappa shape index (κ2) is 8.34. The number of ketones is 1. The average Bonchev–Trinajstić information content (AvgIpc) is 2.40. The smallest absolute Gasteiger partial charge is 0.317 e. The second-order valence-corrected chi connectivity index (χ2v) is 5.85. The zero-order chi connectivity index (χ0) is 14.1. The predicted octanol–water partition coefficient (Wildman–Crippen LogP) is 4.34. The third-order valence-corrected chi connectivity index (χ3v) is 4.55. The molecule has 1 atom stereocenters. The highest BCUT2D eigenvalue weighted by Crippen LogP contribution is 2.33. The fourth-order valence-electron chi connectivity index (χ4n) is 3.08. The Morgan fingerprint density at radius 2 is 1.47 bits per heavy atom. The molecular weight excluding hydrogens is 240 g/mol. The molecule has 0 bridgehead atoms. The van der Waals surface area contributed by atoms with E-state index in [-0.39, 0.29) is 5.78 Å². The molecule has 1 rings (SSSR count). The van der Waals surface area contributed by atoms with E-state index in [1.807, 2.05) is 6.92 Å². The number of carbonyl (C=O) groups is 2. The van der Waals surface area contributed by atoms with Crippen LogP contribution in [0.3, 0.4) is 0 Å². The topological polar surface area (TPSA) is 54.4 Å². The van der Waals surface area contributed by atoms with Gasteiger partial charge in [0.25, 0.3) is 0 Å². The van der Waals surface area contributed by atoms with Gasteiger partial charge in [0.05, 0.1) is 0 Å². The highest BCUT2D eigenvalue weighted by molar-refractivity contribution is 6.02. The number of aliphatic carboxylic acids is 1. The quantitative estimate of drug-likeness (QED) is 0.758. The molecule has 19 heavy (non-hydrogen) atoms. The Morgan fingerprint density at radius 1 is 1.00 bits per heavy atom. The van der Waals surface area contributed by atoms with Gasteiger partial charge in [-0.25, -0.2) is 0 Å². The van der Waals surface area contributed by atoms with Crippen molar-refractivity contribution in [3.8, 4) is 0 Å². The first-order chi connectivity index (χ1) is 9.13. The standard InChI is InChI=1S/C16H28O3/c1-2-16(15(18)19)13-11-9-7-5-3-4-6-8-10-12-14(16)17/h2-13H2,1H3,(H,18,19). The summed E-state index contributed by atoms with van der Waals surface area (Å²) in [6.07, 6.45) is 11.4. The van der Waals surface area contributed by atoms with Gasteiger partial charge in [0.1, 0.15) is 11.2 Å². The molecule has 0 spiro atoms. The van der Waals surface area contributed by atoms with Crippen molar-refractivity contribution >= 4 is 11.8 Å². The number of hydrogen-bond acceptors (Lipinski definition) is 2. The van der Waals surface area contributed by atoms with Crippen LogP contribution in [0.2, 0.25) is 0 Å². The molecule has 3 heteroatoms. The van der Waals surface area contributed by atoms with E-state index in [0.717, 1.165) is 25.7 Å². The van der Waals surface area contributed by atoms with Crippen LogP contribution in [0.25, 0.3) is 0 Å². The third-order valence-electron chi connectivity index (χ3n) is 4.55. The first kappa shape index (κ1) is 16.2. The van der Waals surface area contributed by atoms with Crippen LogP contribution in [0, 0.1) is 5.41 Å². The van der Waals surface area contributed by atoms with Crippen molar-refractivity contribution in [2.45, 2.75) is 84.0 Å². The first-order valence-corrected chi connectivity index (χ1v) is 7.90. The molecule has 1 aliphatic carbocycles. The lowest BCUT2D eigenvalue weighted by molar-refractivity contribution is -0.156. The summed E-state index contributed by atoms with van der Waals surface area (Å²) >= 11 is 0. The van der Waals surface area contributed by atoms with Gasteiger partial charge in [0.2, 0.25) is 0 Å². The fourth-order valence-corrected chi connectivity index (χ4v) is 3.08. The maximum Gasteiger partial charge on any atom is 0.317 e. The normalized spacial score (nSPS) is 27.9. The monoisotopic (exact) mass is 268 g/mol. The number of hydrogen-bond donors (Lipinski definition) is 1. The molecule has 0 saturated heterocycles. The van der Waals surface area contributed by atoms with Crippen LogP contribution >= 0.6 is 0 Å². The maximum absolute atomic E-state index is 12.3. The van der Waals surface area contributed by atoms with Gasteiger partial charge in [0.15, 0.2) is 0 Å². The molecule has 0 heterocycles. The van der Waals surface area contributed by atoms with Crippen molar-refractivity contribution in [2.75, 3.05) is 0 Å². The van der Waals surface area contributed by atoms with Gasteiger partial charge in [-0.1, -0.05) is 58.3 Å². The van der Waals surface area contributed by atoms with E-state index in [2.05, 4.69) is 0 Å². The molecule has 3 nitrogen and oxygen atoms in total. The zero-order valence-corrected chi connectivity index (χ0v) is 12.2. The fraction of sp³-hybridized carbons (Fsp3) is 0.875. The van der Waals surface area contributed by atoms with Gasteiger partial charge in [-0.15, -0.1) is 0 Å². The van der Waals surface area contributed by atoms with E-state index in [9.17, 15) is 14.7 Å².